The van der Waals surface area contributed by atoms with Crippen LogP contribution < -0.4 is 4.90 Å². The van der Waals surface area contributed by atoms with Crippen molar-refractivity contribution in [1.29, 1.82) is 0 Å². The fraction of sp³-hybridized carbons (Fsp3) is 0.333. The summed E-state index contributed by atoms with van der Waals surface area (Å²) in [6, 6.07) is 7.31. The lowest BCUT2D eigenvalue weighted by Crippen LogP contribution is -2.45. The highest BCUT2D eigenvalue weighted by atomic mass is 79.9. The van der Waals surface area contributed by atoms with Crippen molar-refractivity contribution in [2.75, 3.05) is 11.9 Å². The molecule has 1 atom stereocenters. The van der Waals surface area contributed by atoms with Crippen LogP contribution >= 0.6 is 31.9 Å². The molecule has 0 aliphatic rings. The summed E-state index contributed by atoms with van der Waals surface area (Å²) in [7, 11) is 1.65. The SMILES string of the molecule is CC(=O)C(C)(Br)C(=O)N(C)c1ccc(Br)cc1. The van der Waals surface area contributed by atoms with E-state index in [1.54, 1.807) is 14.0 Å². The minimum Gasteiger partial charge on any atom is -0.314 e. The summed E-state index contributed by atoms with van der Waals surface area (Å²) in [6.07, 6.45) is 0. The van der Waals surface area contributed by atoms with Gasteiger partial charge in [-0.25, -0.2) is 0 Å². The van der Waals surface area contributed by atoms with E-state index in [-0.39, 0.29) is 11.7 Å². The van der Waals surface area contributed by atoms with Crippen LogP contribution in [0.25, 0.3) is 0 Å². The molecule has 0 aliphatic heterocycles. The van der Waals surface area contributed by atoms with Gasteiger partial charge in [-0.15, -0.1) is 0 Å². The molecule has 1 aromatic rings. The summed E-state index contributed by atoms with van der Waals surface area (Å²) in [5.74, 6) is -0.501. The number of Topliss-reactive ketones (excluding diaryl/α,β-unsaturated/α-hetero) is 1. The first kappa shape index (κ1) is 14.4. The molecular formula is C12H13Br2NO2. The maximum absolute atomic E-state index is 12.1. The molecule has 1 aromatic carbocycles. The zero-order valence-electron chi connectivity index (χ0n) is 9.83. The van der Waals surface area contributed by atoms with E-state index in [2.05, 4.69) is 31.9 Å². The molecule has 1 amide bonds. The second-order valence-corrected chi connectivity index (χ2v) is 6.40. The molecule has 0 aliphatic carbocycles. The lowest BCUT2D eigenvalue weighted by molar-refractivity contribution is -0.128. The number of ketones is 1. The van der Waals surface area contributed by atoms with Crippen molar-refractivity contribution in [3.8, 4) is 0 Å². The number of hydrogen-bond acceptors (Lipinski definition) is 2. The van der Waals surface area contributed by atoms with Crippen LogP contribution in [0.4, 0.5) is 5.69 Å². The molecule has 0 fully saturated rings. The summed E-state index contributed by atoms with van der Waals surface area (Å²) >= 11 is 6.50. The molecule has 0 bridgehead atoms. The number of alkyl halides is 1. The van der Waals surface area contributed by atoms with E-state index in [0.717, 1.165) is 10.2 Å². The summed E-state index contributed by atoms with van der Waals surface area (Å²) in [6.45, 7) is 2.95. The van der Waals surface area contributed by atoms with Crippen molar-refractivity contribution < 1.29 is 9.59 Å². The Morgan fingerprint density at radius 3 is 2.12 bits per heavy atom. The van der Waals surface area contributed by atoms with Crippen LogP contribution in [-0.2, 0) is 9.59 Å². The Bertz CT molecular complexity index is 440. The lowest BCUT2D eigenvalue weighted by Gasteiger charge is -2.25. The third-order valence-corrected chi connectivity index (χ3v) is 4.01. The molecule has 0 N–H and O–H groups in total. The third kappa shape index (κ3) is 3.16. The highest BCUT2D eigenvalue weighted by molar-refractivity contribution is 9.10. The summed E-state index contributed by atoms with van der Waals surface area (Å²) in [5.41, 5.74) is 0.741. The largest absolute Gasteiger partial charge is 0.314 e. The number of amides is 1. The molecule has 1 unspecified atom stereocenters. The predicted molar refractivity (Wildman–Crippen MR) is 75.6 cm³/mol. The van der Waals surface area contributed by atoms with Gasteiger partial charge in [0, 0.05) is 17.2 Å². The normalized spacial score (nSPS) is 13.9. The van der Waals surface area contributed by atoms with Crippen LogP contribution in [0.1, 0.15) is 13.8 Å². The Morgan fingerprint density at radius 1 is 1.24 bits per heavy atom. The number of anilines is 1. The van der Waals surface area contributed by atoms with Gasteiger partial charge in [0.05, 0.1) is 0 Å². The van der Waals surface area contributed by atoms with Crippen LogP contribution in [0.3, 0.4) is 0 Å². The van der Waals surface area contributed by atoms with E-state index in [4.69, 9.17) is 0 Å². The second-order valence-electron chi connectivity index (χ2n) is 3.90. The van der Waals surface area contributed by atoms with E-state index < -0.39 is 4.32 Å². The fourth-order valence-corrected chi connectivity index (χ4v) is 1.78. The second kappa shape index (κ2) is 5.31. The van der Waals surface area contributed by atoms with Gasteiger partial charge in [-0.3, -0.25) is 9.59 Å². The van der Waals surface area contributed by atoms with Gasteiger partial charge in [0.15, 0.2) is 10.1 Å². The molecule has 3 nitrogen and oxygen atoms in total. The molecule has 1 rings (SSSR count). The molecule has 0 heterocycles. The Hall–Kier alpha value is -0.680. The van der Waals surface area contributed by atoms with Crippen molar-refractivity contribution in [3.05, 3.63) is 28.7 Å². The minimum atomic E-state index is -1.17. The van der Waals surface area contributed by atoms with Crippen LogP contribution in [0.2, 0.25) is 0 Å². The molecular weight excluding hydrogens is 350 g/mol. The smallest absolute Gasteiger partial charge is 0.250 e. The van der Waals surface area contributed by atoms with Crippen molar-refractivity contribution >= 4 is 49.2 Å². The Morgan fingerprint density at radius 2 is 1.71 bits per heavy atom. The van der Waals surface area contributed by atoms with Crippen LogP contribution in [0, 0.1) is 0 Å². The number of benzene rings is 1. The average Bonchev–Trinajstić information content (AvgIpc) is 2.27. The van der Waals surface area contributed by atoms with Gasteiger partial charge >= 0.3 is 0 Å². The van der Waals surface area contributed by atoms with Gasteiger partial charge in [0.2, 0.25) is 0 Å². The van der Waals surface area contributed by atoms with Crippen molar-refractivity contribution in [2.24, 2.45) is 0 Å². The predicted octanol–water partition coefficient (Wildman–Crippen LogP) is 3.15. The van der Waals surface area contributed by atoms with Crippen LogP contribution in [0.5, 0.6) is 0 Å². The highest BCUT2D eigenvalue weighted by Gasteiger charge is 2.37. The summed E-state index contributed by atoms with van der Waals surface area (Å²) in [4.78, 5) is 25.0. The van der Waals surface area contributed by atoms with E-state index >= 15 is 0 Å². The highest BCUT2D eigenvalue weighted by Crippen LogP contribution is 2.25. The summed E-state index contributed by atoms with van der Waals surface area (Å²) < 4.78 is -0.232. The molecule has 92 valence electrons. The zero-order chi connectivity index (χ0) is 13.2. The molecule has 0 radical (unpaired) electrons. The first-order valence-electron chi connectivity index (χ1n) is 5.00. The first-order valence-corrected chi connectivity index (χ1v) is 6.59. The van der Waals surface area contributed by atoms with Gasteiger partial charge in [-0.05, 0) is 38.1 Å². The Kier molecular flexibility index (Phi) is 4.49. The first-order chi connectivity index (χ1) is 7.76. The maximum Gasteiger partial charge on any atom is 0.250 e. The average molecular weight is 363 g/mol. The van der Waals surface area contributed by atoms with Gasteiger partial charge in [0.1, 0.15) is 0 Å². The lowest BCUT2D eigenvalue weighted by atomic mass is 10.1. The number of carbonyl (C=O) groups excluding carboxylic acids is 2. The van der Waals surface area contributed by atoms with E-state index in [9.17, 15) is 9.59 Å². The van der Waals surface area contributed by atoms with Gasteiger partial charge in [0.25, 0.3) is 5.91 Å². The molecule has 0 saturated carbocycles. The van der Waals surface area contributed by atoms with Crippen LogP contribution in [-0.4, -0.2) is 23.1 Å². The van der Waals surface area contributed by atoms with Crippen molar-refractivity contribution in [1.82, 2.24) is 0 Å². The summed E-state index contributed by atoms with van der Waals surface area (Å²) in [5, 5.41) is 0. The Balaban J connectivity index is 2.98. The molecule has 5 heteroatoms. The fourth-order valence-electron chi connectivity index (χ4n) is 1.25. The maximum atomic E-state index is 12.1. The molecule has 17 heavy (non-hydrogen) atoms. The Labute approximate surface area is 117 Å². The standard InChI is InChI=1S/C12H13Br2NO2/c1-8(16)12(2,14)11(17)15(3)10-6-4-9(13)5-7-10/h4-7H,1-3H3. The van der Waals surface area contributed by atoms with Crippen LogP contribution in [0.15, 0.2) is 28.7 Å². The number of hydrogen-bond donors (Lipinski definition) is 0. The van der Waals surface area contributed by atoms with Gasteiger partial charge in [-0.2, -0.15) is 0 Å². The number of carbonyl (C=O) groups is 2. The van der Waals surface area contributed by atoms with E-state index in [1.807, 2.05) is 24.3 Å². The van der Waals surface area contributed by atoms with Crippen molar-refractivity contribution in [2.45, 2.75) is 18.2 Å². The number of nitrogens with zero attached hydrogens (tertiary/aromatic N) is 1. The quantitative estimate of drug-likeness (QED) is 0.611. The topological polar surface area (TPSA) is 37.4 Å². The van der Waals surface area contributed by atoms with E-state index in [1.165, 1.54) is 11.8 Å². The minimum absolute atomic E-state index is 0.216. The molecule has 0 saturated heterocycles. The van der Waals surface area contributed by atoms with Gasteiger partial charge in [-0.1, -0.05) is 31.9 Å². The molecule has 0 spiro atoms. The third-order valence-electron chi connectivity index (χ3n) is 2.58. The molecule has 0 aromatic heterocycles. The number of rotatable bonds is 3. The number of halogens is 2. The zero-order valence-corrected chi connectivity index (χ0v) is 13.0. The van der Waals surface area contributed by atoms with Crippen molar-refractivity contribution in [3.63, 3.8) is 0 Å². The van der Waals surface area contributed by atoms with E-state index in [0.29, 0.717) is 0 Å². The van der Waals surface area contributed by atoms with Gasteiger partial charge < -0.3 is 4.90 Å². The monoisotopic (exact) mass is 361 g/mol.